The van der Waals surface area contributed by atoms with Gasteiger partial charge in [-0.3, -0.25) is 10.2 Å². The van der Waals surface area contributed by atoms with E-state index in [1.54, 1.807) is 6.07 Å². The summed E-state index contributed by atoms with van der Waals surface area (Å²) in [7, 11) is -1.47. The van der Waals surface area contributed by atoms with Crippen molar-refractivity contribution >= 4 is 19.4 Å². The molecule has 1 aliphatic heterocycles. The van der Waals surface area contributed by atoms with E-state index < -0.39 is 8.07 Å². The normalized spacial score (nSPS) is 17.7. The number of nitrogens with one attached hydrogen (secondary N) is 1. The number of furan rings is 1. The summed E-state index contributed by atoms with van der Waals surface area (Å²) >= 11 is 0. The summed E-state index contributed by atoms with van der Waals surface area (Å²) in [6.45, 7) is 8.50. The average molecular weight is 266 g/mol. The zero-order valence-corrected chi connectivity index (χ0v) is 12.5. The molecule has 1 saturated heterocycles. The Balaban J connectivity index is 1.98. The minimum absolute atomic E-state index is 0.124. The fourth-order valence-electron chi connectivity index (χ4n) is 2.07. The Morgan fingerprint density at radius 1 is 1.22 bits per heavy atom. The molecule has 1 aromatic heterocycles. The van der Waals surface area contributed by atoms with Crippen LogP contribution in [0.2, 0.25) is 19.6 Å². The van der Waals surface area contributed by atoms with E-state index in [9.17, 15) is 4.79 Å². The molecule has 1 fully saturated rings. The second-order valence-electron chi connectivity index (χ2n) is 5.90. The van der Waals surface area contributed by atoms with Gasteiger partial charge in [0.15, 0.2) is 5.76 Å². The number of carbonyl (C=O) groups is 1. The highest BCUT2D eigenvalue weighted by atomic mass is 28.3. The average Bonchev–Trinajstić information content (AvgIpc) is 2.79. The number of carbonyl (C=O) groups excluding carboxylic acids is 1. The van der Waals surface area contributed by atoms with E-state index in [-0.39, 0.29) is 5.91 Å². The van der Waals surface area contributed by atoms with Crippen molar-refractivity contribution in [3.05, 3.63) is 17.9 Å². The van der Waals surface area contributed by atoms with Crippen molar-refractivity contribution in [2.75, 3.05) is 13.1 Å². The van der Waals surface area contributed by atoms with Gasteiger partial charge in [-0.15, -0.1) is 0 Å². The van der Waals surface area contributed by atoms with Crippen molar-refractivity contribution < 1.29 is 9.21 Å². The molecule has 100 valence electrons. The summed E-state index contributed by atoms with van der Waals surface area (Å²) < 4.78 is 5.67. The van der Waals surface area contributed by atoms with Crippen molar-refractivity contribution in [3.63, 3.8) is 0 Å². The molecule has 1 aliphatic rings. The molecule has 0 saturated carbocycles. The molecule has 4 nitrogen and oxygen atoms in total. The van der Waals surface area contributed by atoms with Crippen molar-refractivity contribution in [2.45, 2.75) is 38.9 Å². The van der Waals surface area contributed by atoms with Crippen molar-refractivity contribution in [1.29, 1.82) is 0 Å². The van der Waals surface area contributed by atoms with Crippen molar-refractivity contribution in [2.24, 2.45) is 0 Å². The minimum Gasteiger partial charge on any atom is -0.461 e. The first-order valence-electron chi connectivity index (χ1n) is 6.63. The van der Waals surface area contributed by atoms with Crippen LogP contribution in [0.1, 0.15) is 29.8 Å². The molecular weight excluding hydrogens is 244 g/mol. The minimum atomic E-state index is -1.47. The molecule has 2 heterocycles. The summed E-state index contributed by atoms with van der Waals surface area (Å²) in [6.07, 6.45) is 3.56. The Bertz CT molecular complexity index is 417. The second kappa shape index (κ2) is 5.28. The molecule has 2 rings (SSSR count). The number of rotatable bonds is 3. The summed E-state index contributed by atoms with van der Waals surface area (Å²) in [5.74, 6) is 0.305. The maximum Gasteiger partial charge on any atom is 0.301 e. The van der Waals surface area contributed by atoms with Gasteiger partial charge >= 0.3 is 5.91 Å². The van der Waals surface area contributed by atoms with E-state index in [0.717, 1.165) is 31.3 Å². The van der Waals surface area contributed by atoms with Crippen LogP contribution in [0, 0.1) is 0 Å². The molecule has 0 bridgehead atoms. The van der Waals surface area contributed by atoms with E-state index >= 15 is 0 Å². The van der Waals surface area contributed by atoms with Gasteiger partial charge in [0, 0.05) is 13.1 Å². The Labute approximate surface area is 109 Å². The van der Waals surface area contributed by atoms with E-state index in [1.165, 1.54) is 6.42 Å². The van der Waals surface area contributed by atoms with E-state index in [1.807, 2.05) is 11.1 Å². The fraction of sp³-hybridized carbons (Fsp3) is 0.615. The van der Waals surface area contributed by atoms with Gasteiger partial charge in [-0.1, -0.05) is 26.1 Å². The van der Waals surface area contributed by atoms with E-state index in [4.69, 9.17) is 4.42 Å². The molecule has 0 unspecified atom stereocenters. The first kappa shape index (κ1) is 13.4. The first-order valence-corrected chi connectivity index (χ1v) is 10.1. The first-order chi connectivity index (χ1) is 8.47. The Kier molecular flexibility index (Phi) is 3.92. The quantitative estimate of drug-likeness (QED) is 0.851. The van der Waals surface area contributed by atoms with E-state index in [0.29, 0.717) is 5.76 Å². The van der Waals surface area contributed by atoms with Crippen LogP contribution in [0.5, 0.6) is 0 Å². The van der Waals surface area contributed by atoms with E-state index in [2.05, 4.69) is 25.1 Å². The zero-order chi connectivity index (χ0) is 13.2. The Morgan fingerprint density at radius 3 is 2.44 bits per heavy atom. The smallest absolute Gasteiger partial charge is 0.301 e. The third kappa shape index (κ3) is 3.23. The molecule has 1 amide bonds. The molecule has 1 aromatic rings. The lowest BCUT2D eigenvalue weighted by Gasteiger charge is -2.26. The number of hydrogen-bond acceptors (Lipinski definition) is 3. The predicted octanol–water partition coefficient (Wildman–Crippen LogP) is 1.96. The summed E-state index contributed by atoms with van der Waals surface area (Å²) in [6, 6.07) is 3.73. The number of piperidine rings is 1. The predicted molar refractivity (Wildman–Crippen MR) is 74.6 cm³/mol. The lowest BCUT2D eigenvalue weighted by molar-refractivity contribution is 0.0723. The maximum absolute atomic E-state index is 12.0. The highest BCUT2D eigenvalue weighted by Gasteiger charge is 2.23. The molecule has 0 atom stereocenters. The summed E-state index contributed by atoms with van der Waals surface area (Å²) in [4.78, 5) is 12.0. The summed E-state index contributed by atoms with van der Waals surface area (Å²) in [5.41, 5.74) is 2.92. The van der Waals surface area contributed by atoms with Crippen LogP contribution < -0.4 is 10.8 Å². The third-order valence-electron chi connectivity index (χ3n) is 3.18. The van der Waals surface area contributed by atoms with Gasteiger partial charge in [-0.25, -0.2) is 5.01 Å². The standard InChI is InChI=1S/C13H22N2O2Si/c1-18(2,3)12-8-7-11(17-12)13(16)14-15-9-5-4-6-10-15/h7-8H,4-6,9-10H2,1-3H3,(H,14,16). The SMILES string of the molecule is C[Si](C)(C)c1ccc(C(=O)NN2CCCCC2)o1. The Hall–Kier alpha value is -1.07. The lowest BCUT2D eigenvalue weighted by Crippen LogP contribution is -2.45. The summed E-state index contributed by atoms with van der Waals surface area (Å²) in [5, 5.41) is 2.97. The highest BCUT2D eigenvalue weighted by molar-refractivity contribution is 6.87. The van der Waals surface area contributed by atoms with Gasteiger partial charge in [-0.2, -0.15) is 0 Å². The maximum atomic E-state index is 12.0. The van der Waals surface area contributed by atoms with Gasteiger partial charge in [0.25, 0.3) is 0 Å². The molecule has 0 radical (unpaired) electrons. The van der Waals surface area contributed by atoms with Crippen LogP contribution in [0.15, 0.2) is 16.5 Å². The molecule has 0 aliphatic carbocycles. The number of hydrogen-bond donors (Lipinski definition) is 1. The molecular formula is C13H22N2O2Si. The van der Waals surface area contributed by atoms with Crippen LogP contribution in [-0.2, 0) is 0 Å². The molecule has 1 N–H and O–H groups in total. The fourth-order valence-corrected chi connectivity index (χ4v) is 3.07. The van der Waals surface area contributed by atoms with Gasteiger partial charge in [0.05, 0.1) is 5.38 Å². The van der Waals surface area contributed by atoms with Gasteiger partial charge < -0.3 is 4.42 Å². The van der Waals surface area contributed by atoms with Crippen LogP contribution in [-0.4, -0.2) is 32.1 Å². The second-order valence-corrected chi connectivity index (χ2v) is 10.9. The number of hydrazine groups is 1. The van der Waals surface area contributed by atoms with Crippen molar-refractivity contribution in [3.8, 4) is 0 Å². The topological polar surface area (TPSA) is 45.5 Å². The monoisotopic (exact) mass is 266 g/mol. The highest BCUT2D eigenvalue weighted by Crippen LogP contribution is 2.09. The molecule has 0 spiro atoms. The third-order valence-corrected chi connectivity index (χ3v) is 4.93. The molecule has 0 aromatic carbocycles. The van der Waals surface area contributed by atoms with Crippen LogP contribution in [0.4, 0.5) is 0 Å². The number of nitrogens with zero attached hydrogens (tertiary/aromatic N) is 1. The van der Waals surface area contributed by atoms with Crippen molar-refractivity contribution in [1.82, 2.24) is 10.4 Å². The van der Waals surface area contributed by atoms with Gasteiger partial charge in [-0.05, 0) is 25.0 Å². The van der Waals surface area contributed by atoms with Gasteiger partial charge in [0.1, 0.15) is 8.07 Å². The zero-order valence-electron chi connectivity index (χ0n) is 11.5. The molecule has 18 heavy (non-hydrogen) atoms. The van der Waals surface area contributed by atoms with Crippen LogP contribution >= 0.6 is 0 Å². The molecule has 5 heteroatoms. The lowest BCUT2D eigenvalue weighted by atomic mass is 10.2. The largest absolute Gasteiger partial charge is 0.461 e. The van der Waals surface area contributed by atoms with Crippen LogP contribution in [0.25, 0.3) is 0 Å². The number of amides is 1. The van der Waals surface area contributed by atoms with Crippen LogP contribution in [0.3, 0.4) is 0 Å². The van der Waals surface area contributed by atoms with Gasteiger partial charge in [0.2, 0.25) is 0 Å². The Morgan fingerprint density at radius 2 is 1.89 bits per heavy atom.